The Morgan fingerprint density at radius 3 is 2.76 bits per heavy atom. The topological polar surface area (TPSA) is 24.9 Å². The van der Waals surface area contributed by atoms with Crippen molar-refractivity contribution in [1.29, 1.82) is 0 Å². The van der Waals surface area contributed by atoms with E-state index >= 15 is 0 Å². The summed E-state index contributed by atoms with van der Waals surface area (Å²) in [6.45, 7) is 1.98. The van der Waals surface area contributed by atoms with Crippen LogP contribution in [0.3, 0.4) is 0 Å². The number of nitrogens with zero attached hydrogens (tertiary/aromatic N) is 1. The maximum absolute atomic E-state index is 12.3. The molecule has 1 aromatic heterocycles. The fourth-order valence-electron chi connectivity index (χ4n) is 1.65. The Morgan fingerprint density at radius 1 is 1.53 bits per heavy atom. The zero-order chi connectivity index (χ0) is 12.5. The molecule has 6 heteroatoms. The lowest BCUT2D eigenvalue weighted by Gasteiger charge is -2.12. The van der Waals surface area contributed by atoms with E-state index in [9.17, 15) is 13.2 Å². The number of halogens is 3. The van der Waals surface area contributed by atoms with Crippen molar-refractivity contribution in [1.82, 2.24) is 4.98 Å². The average molecular weight is 264 g/mol. The fraction of sp³-hybridized carbons (Fsp3) is 0.727. The van der Waals surface area contributed by atoms with Crippen LogP contribution in [-0.2, 0) is 6.18 Å². The van der Waals surface area contributed by atoms with Gasteiger partial charge in [0.2, 0.25) is 0 Å². The van der Waals surface area contributed by atoms with Crippen LogP contribution in [0.1, 0.15) is 38.3 Å². The standard InChI is InChI=1S/C11H15F3N2S/c1-7(2-3-8-4-5-8)15-10-16-9(6-17-10)11(12,13)14/h6-8H,2-5H2,1H3,(H,15,16). The lowest BCUT2D eigenvalue weighted by Crippen LogP contribution is -2.15. The second-order valence-electron chi connectivity index (χ2n) is 4.60. The summed E-state index contributed by atoms with van der Waals surface area (Å²) in [5, 5.41) is 4.44. The monoisotopic (exact) mass is 264 g/mol. The van der Waals surface area contributed by atoms with Crippen LogP contribution >= 0.6 is 11.3 Å². The summed E-state index contributed by atoms with van der Waals surface area (Å²) in [6.07, 6.45) is 0.426. The van der Waals surface area contributed by atoms with Crippen molar-refractivity contribution in [3.63, 3.8) is 0 Å². The molecule has 1 unspecified atom stereocenters. The molecule has 1 fully saturated rings. The normalized spacial score (nSPS) is 18.1. The third kappa shape index (κ3) is 3.87. The molecular formula is C11H15F3N2S. The highest BCUT2D eigenvalue weighted by Crippen LogP contribution is 2.35. The Bertz CT molecular complexity index is 371. The molecule has 0 amide bonds. The fourth-order valence-corrected chi connectivity index (χ4v) is 2.48. The van der Waals surface area contributed by atoms with Crippen molar-refractivity contribution >= 4 is 16.5 Å². The minimum atomic E-state index is -4.34. The van der Waals surface area contributed by atoms with Gasteiger partial charge in [-0.1, -0.05) is 12.8 Å². The molecule has 1 saturated carbocycles. The molecular weight excluding hydrogens is 249 g/mol. The highest BCUT2D eigenvalue weighted by Gasteiger charge is 2.33. The number of aromatic nitrogens is 1. The quantitative estimate of drug-likeness (QED) is 0.864. The van der Waals surface area contributed by atoms with Gasteiger partial charge in [-0.05, 0) is 25.7 Å². The molecule has 0 saturated heterocycles. The lowest BCUT2D eigenvalue weighted by atomic mass is 10.1. The molecule has 17 heavy (non-hydrogen) atoms. The number of anilines is 1. The summed E-state index contributed by atoms with van der Waals surface area (Å²) in [6, 6.07) is 0.183. The smallest absolute Gasteiger partial charge is 0.359 e. The summed E-state index contributed by atoms with van der Waals surface area (Å²) in [4.78, 5) is 3.55. The molecule has 96 valence electrons. The summed E-state index contributed by atoms with van der Waals surface area (Å²) < 4.78 is 37.0. The Balaban J connectivity index is 1.82. The number of hydrogen-bond acceptors (Lipinski definition) is 3. The Hall–Kier alpha value is -0.780. The van der Waals surface area contributed by atoms with Gasteiger partial charge in [0.1, 0.15) is 0 Å². The van der Waals surface area contributed by atoms with Gasteiger partial charge in [0.05, 0.1) is 0 Å². The molecule has 1 heterocycles. The first-order valence-electron chi connectivity index (χ1n) is 5.74. The first-order chi connectivity index (χ1) is 7.95. The average Bonchev–Trinajstić information content (AvgIpc) is 2.93. The van der Waals surface area contributed by atoms with Crippen LogP contribution in [-0.4, -0.2) is 11.0 Å². The highest BCUT2D eigenvalue weighted by molar-refractivity contribution is 7.13. The van der Waals surface area contributed by atoms with Crippen LogP contribution in [0.2, 0.25) is 0 Å². The van der Waals surface area contributed by atoms with Crippen molar-refractivity contribution in [2.24, 2.45) is 5.92 Å². The number of thiazole rings is 1. The van der Waals surface area contributed by atoms with Gasteiger partial charge >= 0.3 is 6.18 Å². The zero-order valence-corrected chi connectivity index (χ0v) is 10.4. The van der Waals surface area contributed by atoms with Crippen molar-refractivity contribution < 1.29 is 13.2 Å². The van der Waals surface area contributed by atoms with E-state index in [0.29, 0.717) is 5.13 Å². The van der Waals surface area contributed by atoms with Crippen LogP contribution < -0.4 is 5.32 Å². The summed E-state index contributed by atoms with van der Waals surface area (Å²) >= 11 is 1.01. The summed E-state index contributed by atoms with van der Waals surface area (Å²) in [5.41, 5.74) is -0.806. The van der Waals surface area contributed by atoms with Crippen molar-refractivity contribution in [3.05, 3.63) is 11.1 Å². The van der Waals surface area contributed by atoms with E-state index in [2.05, 4.69) is 10.3 Å². The SMILES string of the molecule is CC(CCC1CC1)Nc1nc(C(F)(F)F)cs1. The number of nitrogens with one attached hydrogen (secondary N) is 1. The molecule has 1 aliphatic rings. The zero-order valence-electron chi connectivity index (χ0n) is 9.55. The van der Waals surface area contributed by atoms with E-state index in [0.717, 1.165) is 35.5 Å². The van der Waals surface area contributed by atoms with E-state index in [4.69, 9.17) is 0 Å². The predicted molar refractivity (Wildman–Crippen MR) is 62.2 cm³/mol. The van der Waals surface area contributed by atoms with Crippen molar-refractivity contribution in [2.45, 2.75) is 44.8 Å². The molecule has 2 rings (SSSR count). The third-order valence-corrected chi connectivity index (χ3v) is 3.64. The molecule has 1 N–H and O–H groups in total. The molecule has 0 aliphatic heterocycles. The van der Waals surface area contributed by atoms with Gasteiger partial charge in [-0.2, -0.15) is 13.2 Å². The number of rotatable bonds is 5. The molecule has 0 radical (unpaired) electrons. The second kappa shape index (κ2) is 4.84. The Morgan fingerprint density at radius 2 is 2.24 bits per heavy atom. The molecule has 1 aromatic rings. The minimum absolute atomic E-state index is 0.183. The van der Waals surface area contributed by atoms with E-state index < -0.39 is 11.9 Å². The van der Waals surface area contributed by atoms with Gasteiger partial charge in [0.25, 0.3) is 0 Å². The van der Waals surface area contributed by atoms with Gasteiger partial charge in [0, 0.05) is 11.4 Å². The largest absolute Gasteiger partial charge is 0.434 e. The van der Waals surface area contributed by atoms with Crippen LogP contribution in [0, 0.1) is 5.92 Å². The van der Waals surface area contributed by atoms with Gasteiger partial charge in [0.15, 0.2) is 10.8 Å². The maximum Gasteiger partial charge on any atom is 0.434 e. The second-order valence-corrected chi connectivity index (χ2v) is 5.46. The lowest BCUT2D eigenvalue weighted by molar-refractivity contribution is -0.140. The van der Waals surface area contributed by atoms with E-state index in [1.54, 1.807) is 0 Å². The van der Waals surface area contributed by atoms with Crippen LogP contribution in [0.5, 0.6) is 0 Å². The van der Waals surface area contributed by atoms with E-state index in [1.165, 1.54) is 12.8 Å². The Labute approximate surface area is 102 Å². The molecule has 2 nitrogen and oxygen atoms in total. The molecule has 0 aromatic carbocycles. The van der Waals surface area contributed by atoms with E-state index in [-0.39, 0.29) is 6.04 Å². The summed E-state index contributed by atoms with van der Waals surface area (Å²) in [7, 11) is 0. The predicted octanol–water partition coefficient (Wildman–Crippen LogP) is 4.15. The van der Waals surface area contributed by atoms with Gasteiger partial charge in [-0.3, -0.25) is 0 Å². The Kier molecular flexibility index (Phi) is 3.61. The van der Waals surface area contributed by atoms with Gasteiger partial charge in [-0.25, -0.2) is 4.98 Å². The van der Waals surface area contributed by atoms with Crippen molar-refractivity contribution in [3.8, 4) is 0 Å². The number of alkyl halides is 3. The number of hydrogen-bond donors (Lipinski definition) is 1. The molecule has 0 bridgehead atoms. The highest BCUT2D eigenvalue weighted by atomic mass is 32.1. The maximum atomic E-state index is 12.3. The summed E-state index contributed by atoms with van der Waals surface area (Å²) in [5.74, 6) is 0.848. The molecule has 1 aliphatic carbocycles. The van der Waals surface area contributed by atoms with Gasteiger partial charge in [-0.15, -0.1) is 11.3 Å². The van der Waals surface area contributed by atoms with Gasteiger partial charge < -0.3 is 5.32 Å². The molecule has 0 spiro atoms. The first-order valence-corrected chi connectivity index (χ1v) is 6.62. The third-order valence-electron chi connectivity index (χ3n) is 2.87. The first kappa shape index (κ1) is 12.7. The van der Waals surface area contributed by atoms with Crippen LogP contribution in [0.4, 0.5) is 18.3 Å². The van der Waals surface area contributed by atoms with Crippen LogP contribution in [0.25, 0.3) is 0 Å². The molecule has 1 atom stereocenters. The van der Waals surface area contributed by atoms with E-state index in [1.807, 2.05) is 6.92 Å². The van der Waals surface area contributed by atoms with Crippen LogP contribution in [0.15, 0.2) is 5.38 Å². The van der Waals surface area contributed by atoms with Crippen molar-refractivity contribution in [2.75, 3.05) is 5.32 Å². The minimum Gasteiger partial charge on any atom is -0.359 e.